The molecule has 70 valence electrons. The maximum atomic E-state index is 9.86. The van der Waals surface area contributed by atoms with Crippen LogP contribution in [0, 0.1) is 5.92 Å². The van der Waals surface area contributed by atoms with E-state index in [2.05, 4.69) is 31.2 Å². The molecule has 0 spiro atoms. The molecule has 1 aliphatic rings. The highest BCUT2D eigenvalue weighted by atomic mass is 16.3. The first-order chi connectivity index (χ1) is 6.21. The van der Waals surface area contributed by atoms with Gasteiger partial charge in [-0.05, 0) is 30.7 Å². The number of hydrogen-bond acceptors (Lipinski definition) is 1. The Hall–Kier alpha value is -0.820. The summed E-state index contributed by atoms with van der Waals surface area (Å²) in [4.78, 5) is 0. The zero-order valence-corrected chi connectivity index (χ0v) is 8.03. The van der Waals surface area contributed by atoms with Crippen molar-refractivity contribution in [1.82, 2.24) is 0 Å². The first-order valence-electron chi connectivity index (χ1n) is 4.97. The van der Waals surface area contributed by atoms with Crippen molar-refractivity contribution in [3.63, 3.8) is 0 Å². The lowest BCUT2D eigenvalue weighted by atomic mass is 10.0. The summed E-state index contributed by atoms with van der Waals surface area (Å²) < 4.78 is 0. The number of rotatable bonds is 3. The summed E-state index contributed by atoms with van der Waals surface area (Å²) in [5, 5.41) is 9.86. The van der Waals surface area contributed by atoms with E-state index < -0.39 is 0 Å². The van der Waals surface area contributed by atoms with Crippen LogP contribution in [0.4, 0.5) is 0 Å². The van der Waals surface area contributed by atoms with Crippen molar-refractivity contribution in [2.75, 3.05) is 0 Å². The summed E-state index contributed by atoms with van der Waals surface area (Å²) in [5.74, 6) is 0.510. The van der Waals surface area contributed by atoms with Crippen LogP contribution in [0.2, 0.25) is 0 Å². The van der Waals surface area contributed by atoms with E-state index in [1.54, 1.807) is 0 Å². The predicted molar refractivity (Wildman–Crippen MR) is 53.5 cm³/mol. The highest BCUT2D eigenvalue weighted by molar-refractivity contribution is 5.16. The molecule has 0 amide bonds. The summed E-state index contributed by atoms with van der Waals surface area (Å²) in [5.41, 5.74) is 0.991. The van der Waals surface area contributed by atoms with Gasteiger partial charge in [-0.2, -0.15) is 0 Å². The van der Waals surface area contributed by atoms with Gasteiger partial charge in [0, 0.05) is 0 Å². The Morgan fingerprint density at radius 2 is 2.00 bits per heavy atom. The quantitative estimate of drug-likeness (QED) is 0.749. The number of benzene rings is 1. The fourth-order valence-corrected chi connectivity index (χ4v) is 1.83. The van der Waals surface area contributed by atoms with Crippen molar-refractivity contribution in [2.24, 2.45) is 5.92 Å². The van der Waals surface area contributed by atoms with Crippen LogP contribution in [-0.4, -0.2) is 10.7 Å². The van der Waals surface area contributed by atoms with E-state index in [1.807, 2.05) is 6.07 Å². The van der Waals surface area contributed by atoms with Crippen LogP contribution in [0.5, 0.6) is 0 Å². The molecule has 0 saturated heterocycles. The molecule has 0 radical (unpaired) electrons. The van der Waals surface area contributed by atoms with Gasteiger partial charge >= 0.3 is 0 Å². The van der Waals surface area contributed by atoms with Crippen molar-refractivity contribution in [2.45, 2.75) is 31.8 Å². The largest absolute Gasteiger partial charge is 0.390 e. The van der Waals surface area contributed by atoms with E-state index in [0.717, 1.165) is 19.3 Å². The Balaban J connectivity index is 1.87. The minimum atomic E-state index is -0.337. The molecular formula is C12H16O. The summed E-state index contributed by atoms with van der Waals surface area (Å²) >= 11 is 0. The summed E-state index contributed by atoms with van der Waals surface area (Å²) in [7, 11) is 0. The van der Waals surface area contributed by atoms with Crippen LogP contribution in [0.1, 0.15) is 25.3 Å². The maximum Gasteiger partial charge on any atom is 0.0681 e. The van der Waals surface area contributed by atoms with Crippen LogP contribution in [0.25, 0.3) is 0 Å². The molecule has 1 aromatic rings. The topological polar surface area (TPSA) is 20.2 Å². The molecule has 1 nitrogen and oxygen atoms in total. The minimum Gasteiger partial charge on any atom is -0.390 e. The summed E-state index contributed by atoms with van der Waals surface area (Å²) in [6.07, 6.45) is 2.90. The molecule has 1 saturated carbocycles. The third-order valence-electron chi connectivity index (χ3n) is 3.11. The zero-order valence-electron chi connectivity index (χ0n) is 8.03. The Labute approximate surface area is 79.4 Å². The van der Waals surface area contributed by atoms with Crippen LogP contribution in [-0.2, 0) is 6.42 Å². The van der Waals surface area contributed by atoms with Crippen molar-refractivity contribution in [3.05, 3.63) is 35.9 Å². The molecule has 1 aliphatic carbocycles. The second-order valence-electron chi connectivity index (χ2n) is 4.19. The first-order valence-corrected chi connectivity index (χ1v) is 4.97. The second-order valence-corrected chi connectivity index (χ2v) is 4.19. The van der Waals surface area contributed by atoms with Crippen molar-refractivity contribution < 1.29 is 5.11 Å². The maximum absolute atomic E-state index is 9.86. The van der Waals surface area contributed by atoms with Gasteiger partial charge in [-0.25, -0.2) is 0 Å². The van der Waals surface area contributed by atoms with Crippen molar-refractivity contribution in [3.8, 4) is 0 Å². The van der Waals surface area contributed by atoms with E-state index in [4.69, 9.17) is 0 Å². The molecule has 0 bridgehead atoms. The molecule has 1 heteroatoms. The molecule has 0 heterocycles. The SMILES string of the molecule is CC1CC1(O)CCc1ccccc1. The van der Waals surface area contributed by atoms with Crippen LogP contribution >= 0.6 is 0 Å². The highest BCUT2D eigenvalue weighted by Gasteiger charge is 2.48. The second kappa shape index (κ2) is 3.15. The molecule has 1 aromatic carbocycles. The third-order valence-corrected chi connectivity index (χ3v) is 3.11. The van der Waals surface area contributed by atoms with Gasteiger partial charge in [-0.3, -0.25) is 0 Å². The van der Waals surface area contributed by atoms with E-state index in [-0.39, 0.29) is 5.60 Å². The standard InChI is InChI=1S/C12H16O/c1-10-9-12(10,13)8-7-11-5-3-2-4-6-11/h2-6,10,13H,7-9H2,1H3. The fraction of sp³-hybridized carbons (Fsp3) is 0.500. The highest BCUT2D eigenvalue weighted by Crippen LogP contribution is 2.46. The monoisotopic (exact) mass is 176 g/mol. The molecule has 2 unspecified atom stereocenters. The number of hydrogen-bond donors (Lipinski definition) is 1. The lowest BCUT2D eigenvalue weighted by Crippen LogP contribution is -2.10. The average molecular weight is 176 g/mol. The van der Waals surface area contributed by atoms with E-state index in [0.29, 0.717) is 5.92 Å². The van der Waals surface area contributed by atoms with Gasteiger partial charge in [0.15, 0.2) is 0 Å². The molecule has 13 heavy (non-hydrogen) atoms. The zero-order chi connectivity index (χ0) is 9.31. The molecule has 0 aliphatic heterocycles. The van der Waals surface area contributed by atoms with E-state index in [9.17, 15) is 5.11 Å². The van der Waals surface area contributed by atoms with E-state index in [1.165, 1.54) is 5.56 Å². The number of aliphatic hydroxyl groups is 1. The molecular weight excluding hydrogens is 160 g/mol. The minimum absolute atomic E-state index is 0.337. The van der Waals surface area contributed by atoms with Gasteiger partial charge in [0.1, 0.15) is 0 Å². The van der Waals surface area contributed by atoms with Gasteiger partial charge < -0.3 is 5.11 Å². The van der Waals surface area contributed by atoms with Crippen LogP contribution in [0.15, 0.2) is 30.3 Å². The Kier molecular flexibility index (Phi) is 2.12. The first kappa shape index (κ1) is 8.76. The lowest BCUT2D eigenvalue weighted by molar-refractivity contribution is 0.124. The normalized spacial score (nSPS) is 31.7. The summed E-state index contributed by atoms with van der Waals surface area (Å²) in [6, 6.07) is 10.4. The predicted octanol–water partition coefficient (Wildman–Crippen LogP) is 2.39. The van der Waals surface area contributed by atoms with Gasteiger partial charge in [0.2, 0.25) is 0 Å². The Bertz CT molecular complexity index is 280. The molecule has 1 N–H and O–H groups in total. The molecule has 2 rings (SSSR count). The van der Waals surface area contributed by atoms with E-state index >= 15 is 0 Å². The van der Waals surface area contributed by atoms with Gasteiger partial charge in [0.05, 0.1) is 5.60 Å². The molecule has 2 atom stereocenters. The van der Waals surface area contributed by atoms with Crippen LogP contribution < -0.4 is 0 Å². The van der Waals surface area contributed by atoms with Crippen LogP contribution in [0.3, 0.4) is 0 Å². The van der Waals surface area contributed by atoms with Crippen molar-refractivity contribution in [1.29, 1.82) is 0 Å². The third kappa shape index (κ3) is 1.92. The van der Waals surface area contributed by atoms with Gasteiger partial charge in [-0.1, -0.05) is 37.3 Å². The van der Waals surface area contributed by atoms with Crippen molar-refractivity contribution >= 4 is 0 Å². The smallest absolute Gasteiger partial charge is 0.0681 e. The van der Waals surface area contributed by atoms with Gasteiger partial charge in [-0.15, -0.1) is 0 Å². The lowest BCUT2D eigenvalue weighted by Gasteiger charge is -2.08. The number of aryl methyl sites for hydroxylation is 1. The summed E-state index contributed by atoms with van der Waals surface area (Å²) in [6.45, 7) is 2.12. The molecule has 0 aromatic heterocycles. The Morgan fingerprint density at radius 3 is 2.54 bits per heavy atom. The average Bonchev–Trinajstić information content (AvgIpc) is 2.74. The Morgan fingerprint density at radius 1 is 1.38 bits per heavy atom. The van der Waals surface area contributed by atoms with Gasteiger partial charge in [0.25, 0.3) is 0 Å². The molecule has 1 fully saturated rings. The fourth-order valence-electron chi connectivity index (χ4n) is 1.83.